The zero-order chi connectivity index (χ0) is 25.0. The lowest BCUT2D eigenvalue weighted by Crippen LogP contribution is -2.72. The number of nitrogens with zero attached hydrogens (tertiary/aromatic N) is 1. The number of carboxylic acids is 1. The number of likely N-dealkylation sites (tertiary alicyclic amines) is 1. The second-order valence-electron chi connectivity index (χ2n) is 8.90. The highest BCUT2D eigenvalue weighted by Gasteiger charge is 2.61. The lowest BCUT2D eigenvalue weighted by molar-refractivity contribution is -0.181. The monoisotopic (exact) mass is 477 g/mol. The fourth-order valence-corrected chi connectivity index (χ4v) is 5.23. The number of aliphatic carboxylic acids is 1. The van der Waals surface area contributed by atoms with Crippen molar-refractivity contribution in [3.05, 3.63) is 144 Å². The number of hydrogen-bond acceptors (Lipinski definition) is 3. The van der Waals surface area contributed by atoms with Crippen LogP contribution in [-0.2, 0) is 26.5 Å². The molecule has 0 bridgehead atoms. The molecule has 5 nitrogen and oxygen atoms in total. The molecule has 1 saturated heterocycles. The highest BCUT2D eigenvalue weighted by Crippen LogP contribution is 2.49. The second kappa shape index (κ2) is 10.2. The lowest BCUT2D eigenvalue weighted by Gasteiger charge is -2.56. The van der Waals surface area contributed by atoms with Gasteiger partial charge in [0, 0.05) is 0 Å². The van der Waals surface area contributed by atoms with Crippen LogP contribution in [0.2, 0.25) is 0 Å². The molecule has 4 aromatic carbocycles. The molecule has 0 radical (unpaired) electrons. The number of carboxylic acid groups (broad SMARTS) is 1. The SMILES string of the molecule is O=C(O)[C@H]1C(=O)N(C(c2ccccc2)(c2ccccc2)c2ccccc2)[C@@H]1COCc1ccccc1. The van der Waals surface area contributed by atoms with Gasteiger partial charge in [0.1, 0.15) is 5.54 Å². The van der Waals surface area contributed by atoms with Gasteiger partial charge in [-0.25, -0.2) is 0 Å². The Kier molecular flexibility index (Phi) is 6.65. The highest BCUT2D eigenvalue weighted by molar-refractivity contribution is 6.04. The summed E-state index contributed by atoms with van der Waals surface area (Å²) in [6, 6.07) is 38.4. The van der Waals surface area contributed by atoms with E-state index in [1.165, 1.54) is 0 Å². The predicted molar refractivity (Wildman–Crippen MR) is 137 cm³/mol. The van der Waals surface area contributed by atoms with E-state index in [0.29, 0.717) is 6.61 Å². The minimum absolute atomic E-state index is 0.103. The van der Waals surface area contributed by atoms with Crippen molar-refractivity contribution in [2.75, 3.05) is 6.61 Å². The number of benzene rings is 4. The van der Waals surface area contributed by atoms with Crippen molar-refractivity contribution >= 4 is 11.9 Å². The summed E-state index contributed by atoms with van der Waals surface area (Å²) in [5.74, 6) is -2.73. The summed E-state index contributed by atoms with van der Waals surface area (Å²) in [5, 5.41) is 9.98. The number of ether oxygens (including phenoxy) is 1. The van der Waals surface area contributed by atoms with Crippen LogP contribution in [0.3, 0.4) is 0 Å². The van der Waals surface area contributed by atoms with Crippen LogP contribution in [0.15, 0.2) is 121 Å². The first-order chi connectivity index (χ1) is 17.6. The van der Waals surface area contributed by atoms with Gasteiger partial charge in [-0.1, -0.05) is 121 Å². The van der Waals surface area contributed by atoms with Crippen molar-refractivity contribution < 1.29 is 19.4 Å². The topological polar surface area (TPSA) is 66.8 Å². The van der Waals surface area contributed by atoms with E-state index < -0.39 is 29.4 Å². The largest absolute Gasteiger partial charge is 0.481 e. The Morgan fingerprint density at radius 3 is 1.56 bits per heavy atom. The third-order valence-electron chi connectivity index (χ3n) is 6.82. The summed E-state index contributed by atoms with van der Waals surface area (Å²) >= 11 is 0. The maximum atomic E-state index is 13.7. The summed E-state index contributed by atoms with van der Waals surface area (Å²) in [6.07, 6.45) is 0. The molecule has 0 aromatic heterocycles. The van der Waals surface area contributed by atoms with Gasteiger partial charge in [-0.3, -0.25) is 9.59 Å². The summed E-state index contributed by atoms with van der Waals surface area (Å²) in [4.78, 5) is 27.6. The Hall–Kier alpha value is -4.22. The van der Waals surface area contributed by atoms with Gasteiger partial charge in [0.05, 0.1) is 19.3 Å². The summed E-state index contributed by atoms with van der Waals surface area (Å²) < 4.78 is 6.03. The molecule has 0 saturated carbocycles. The zero-order valence-corrected chi connectivity index (χ0v) is 19.7. The molecule has 5 rings (SSSR count). The van der Waals surface area contributed by atoms with Gasteiger partial charge in [-0.15, -0.1) is 0 Å². The van der Waals surface area contributed by atoms with Crippen LogP contribution in [0.5, 0.6) is 0 Å². The van der Waals surface area contributed by atoms with Crippen molar-refractivity contribution in [3.63, 3.8) is 0 Å². The van der Waals surface area contributed by atoms with Gasteiger partial charge < -0.3 is 14.7 Å². The Balaban J connectivity index is 1.64. The molecule has 0 unspecified atom stereocenters. The minimum Gasteiger partial charge on any atom is -0.481 e. The quantitative estimate of drug-likeness (QED) is 0.207. The molecule has 1 heterocycles. The molecule has 0 aliphatic carbocycles. The maximum absolute atomic E-state index is 13.7. The molecule has 36 heavy (non-hydrogen) atoms. The predicted octanol–water partition coefficient (Wildman–Crippen LogP) is 5.11. The Labute approximate surface area is 210 Å². The first-order valence-electron chi connectivity index (χ1n) is 12.0. The van der Waals surface area contributed by atoms with E-state index in [-0.39, 0.29) is 6.61 Å². The van der Waals surface area contributed by atoms with E-state index in [2.05, 4.69) is 0 Å². The highest BCUT2D eigenvalue weighted by atomic mass is 16.5. The average Bonchev–Trinajstić information content (AvgIpc) is 2.93. The van der Waals surface area contributed by atoms with Crippen molar-refractivity contribution in [2.24, 2.45) is 5.92 Å². The fraction of sp³-hybridized carbons (Fsp3) is 0.161. The molecule has 180 valence electrons. The second-order valence-corrected chi connectivity index (χ2v) is 8.90. The van der Waals surface area contributed by atoms with Crippen molar-refractivity contribution in [3.8, 4) is 0 Å². The molecule has 1 amide bonds. The minimum atomic E-state index is -1.17. The normalized spacial score (nSPS) is 17.4. The van der Waals surface area contributed by atoms with Gasteiger partial charge in [0.15, 0.2) is 5.92 Å². The Morgan fingerprint density at radius 2 is 1.14 bits per heavy atom. The van der Waals surface area contributed by atoms with E-state index in [1.807, 2.05) is 121 Å². The van der Waals surface area contributed by atoms with Gasteiger partial charge >= 0.3 is 5.97 Å². The van der Waals surface area contributed by atoms with Gasteiger partial charge in [0.2, 0.25) is 5.91 Å². The smallest absolute Gasteiger partial charge is 0.318 e. The van der Waals surface area contributed by atoms with Crippen LogP contribution < -0.4 is 0 Å². The van der Waals surface area contributed by atoms with E-state index in [4.69, 9.17) is 4.74 Å². The average molecular weight is 478 g/mol. The van der Waals surface area contributed by atoms with Crippen LogP contribution in [0, 0.1) is 5.92 Å². The zero-order valence-electron chi connectivity index (χ0n) is 19.7. The van der Waals surface area contributed by atoms with Gasteiger partial charge in [0.25, 0.3) is 0 Å². The third kappa shape index (κ3) is 4.08. The standard InChI is InChI=1S/C31H27NO4/c33-29-28(30(34)35)27(22-36-21-23-13-5-1-6-14-23)32(29)31(24-15-7-2-8-16-24,25-17-9-3-10-18-25)26-19-11-4-12-20-26/h1-20,27-28H,21-22H2,(H,34,35)/t27-,28-/m1/s1. The molecular formula is C31H27NO4. The van der Waals surface area contributed by atoms with Gasteiger partial charge in [-0.05, 0) is 22.3 Å². The van der Waals surface area contributed by atoms with E-state index >= 15 is 0 Å². The summed E-state index contributed by atoms with van der Waals surface area (Å²) in [7, 11) is 0. The fourth-order valence-electron chi connectivity index (χ4n) is 5.23. The Bertz CT molecular complexity index is 1210. The lowest BCUT2D eigenvalue weighted by atomic mass is 9.70. The van der Waals surface area contributed by atoms with E-state index in [9.17, 15) is 14.7 Å². The Morgan fingerprint density at radius 1 is 0.722 bits per heavy atom. The molecule has 1 fully saturated rings. The van der Waals surface area contributed by atoms with Crippen molar-refractivity contribution in [1.29, 1.82) is 0 Å². The molecule has 2 atom stereocenters. The molecular weight excluding hydrogens is 450 g/mol. The van der Waals surface area contributed by atoms with E-state index in [1.54, 1.807) is 4.90 Å². The molecule has 1 aliphatic rings. The number of hydrogen-bond donors (Lipinski definition) is 1. The molecule has 4 aromatic rings. The summed E-state index contributed by atoms with van der Waals surface area (Å²) in [6.45, 7) is 0.437. The summed E-state index contributed by atoms with van der Waals surface area (Å²) in [5.41, 5.74) is 2.61. The molecule has 5 heteroatoms. The molecule has 0 spiro atoms. The number of rotatable bonds is 9. The maximum Gasteiger partial charge on any atom is 0.318 e. The number of amides is 1. The number of β-lactam (4-membered cyclic amide) rings is 1. The van der Waals surface area contributed by atoms with Crippen molar-refractivity contribution in [2.45, 2.75) is 18.2 Å². The first-order valence-corrected chi connectivity index (χ1v) is 12.0. The molecule has 1 N–H and O–H groups in total. The molecule has 1 aliphatic heterocycles. The third-order valence-corrected chi connectivity index (χ3v) is 6.82. The number of carbonyl (C=O) groups excluding carboxylic acids is 1. The van der Waals surface area contributed by atoms with Gasteiger partial charge in [-0.2, -0.15) is 0 Å². The van der Waals surface area contributed by atoms with Crippen LogP contribution >= 0.6 is 0 Å². The van der Waals surface area contributed by atoms with Crippen LogP contribution in [0.4, 0.5) is 0 Å². The van der Waals surface area contributed by atoms with Crippen LogP contribution in [-0.4, -0.2) is 34.5 Å². The van der Waals surface area contributed by atoms with E-state index in [0.717, 1.165) is 22.3 Å². The van der Waals surface area contributed by atoms with Crippen LogP contribution in [0.25, 0.3) is 0 Å². The van der Waals surface area contributed by atoms with Crippen molar-refractivity contribution in [1.82, 2.24) is 4.90 Å². The first kappa shape index (κ1) is 23.5. The van der Waals surface area contributed by atoms with Crippen LogP contribution in [0.1, 0.15) is 22.3 Å². The number of carbonyl (C=O) groups is 2.